The summed E-state index contributed by atoms with van der Waals surface area (Å²) < 4.78 is 0. The van der Waals surface area contributed by atoms with E-state index in [2.05, 4.69) is 0 Å². The molecule has 1 N–H and O–H groups in total. The highest BCUT2D eigenvalue weighted by Gasteiger charge is 2.23. The third-order valence-corrected chi connectivity index (χ3v) is 2.97. The fraction of sp³-hybridized carbons (Fsp3) is 0.462. The van der Waals surface area contributed by atoms with Crippen LogP contribution in [0.25, 0.3) is 0 Å². The number of carbonyl (C=O) groups excluding carboxylic acids is 1. The molecule has 0 aliphatic carbocycles. The third-order valence-electron chi connectivity index (χ3n) is 2.41. The number of halogens is 2. The van der Waals surface area contributed by atoms with E-state index in [1.165, 1.54) is 4.90 Å². The summed E-state index contributed by atoms with van der Waals surface area (Å²) in [5.74, 6) is -0.230. The number of hydrogen-bond donors (Lipinski definition) is 1. The van der Waals surface area contributed by atoms with Gasteiger partial charge < -0.3 is 10.0 Å². The van der Waals surface area contributed by atoms with Gasteiger partial charge in [0.05, 0.1) is 16.2 Å². The normalized spacial score (nSPS) is 11.4. The van der Waals surface area contributed by atoms with Gasteiger partial charge >= 0.3 is 0 Å². The molecule has 0 saturated carbocycles. The Bertz CT molecular complexity index is 441. The first-order chi connectivity index (χ1) is 8.24. The number of likely N-dealkylation sites (N-methyl/N-ethyl adjacent to an activating group) is 1. The fourth-order valence-electron chi connectivity index (χ4n) is 1.63. The topological polar surface area (TPSA) is 40.5 Å². The number of benzene rings is 1. The molecule has 1 rings (SSSR count). The molecule has 0 fully saturated rings. The van der Waals surface area contributed by atoms with Crippen LogP contribution in [0.15, 0.2) is 18.2 Å². The lowest BCUT2D eigenvalue weighted by atomic mass is 10.1. The Kier molecular flexibility index (Phi) is 5.02. The molecule has 0 aromatic heterocycles. The first-order valence-electron chi connectivity index (χ1n) is 5.71. The van der Waals surface area contributed by atoms with E-state index in [-0.39, 0.29) is 12.5 Å². The molecule has 0 spiro atoms. The van der Waals surface area contributed by atoms with Crippen molar-refractivity contribution >= 4 is 29.1 Å². The van der Waals surface area contributed by atoms with Crippen molar-refractivity contribution < 1.29 is 9.90 Å². The second-order valence-corrected chi connectivity index (χ2v) is 5.60. The van der Waals surface area contributed by atoms with Crippen molar-refractivity contribution in [1.82, 2.24) is 4.90 Å². The fourth-order valence-corrected chi connectivity index (χ4v) is 2.00. The number of nitrogens with zero attached hydrogens (tertiary/aromatic N) is 1. The minimum Gasteiger partial charge on any atom is -0.389 e. The van der Waals surface area contributed by atoms with Gasteiger partial charge in [0.2, 0.25) is 0 Å². The highest BCUT2D eigenvalue weighted by molar-refractivity contribution is 6.35. The Balaban J connectivity index is 3.00. The van der Waals surface area contributed by atoms with Gasteiger partial charge in [0.25, 0.3) is 5.91 Å². The van der Waals surface area contributed by atoms with Gasteiger partial charge in [0.15, 0.2) is 0 Å². The minimum absolute atomic E-state index is 0.230. The van der Waals surface area contributed by atoms with Crippen molar-refractivity contribution in [2.24, 2.45) is 0 Å². The second-order valence-electron chi connectivity index (χ2n) is 4.76. The van der Waals surface area contributed by atoms with E-state index in [0.29, 0.717) is 22.2 Å². The van der Waals surface area contributed by atoms with Crippen LogP contribution in [0, 0.1) is 0 Å². The summed E-state index contributed by atoms with van der Waals surface area (Å²) in [6, 6.07) is 4.77. The molecular weight excluding hydrogens is 273 g/mol. The summed E-state index contributed by atoms with van der Waals surface area (Å²) in [5, 5.41) is 10.6. The van der Waals surface area contributed by atoms with Gasteiger partial charge in [-0.05, 0) is 39.0 Å². The van der Waals surface area contributed by atoms with Crippen molar-refractivity contribution in [2.45, 2.75) is 26.4 Å². The van der Waals surface area contributed by atoms with E-state index in [1.807, 2.05) is 6.92 Å². The van der Waals surface area contributed by atoms with E-state index in [0.717, 1.165) is 0 Å². The van der Waals surface area contributed by atoms with Gasteiger partial charge in [-0.25, -0.2) is 0 Å². The molecule has 0 unspecified atom stereocenters. The van der Waals surface area contributed by atoms with Gasteiger partial charge in [-0.1, -0.05) is 23.2 Å². The molecule has 18 heavy (non-hydrogen) atoms. The number of amides is 1. The number of aliphatic hydroxyl groups is 1. The SMILES string of the molecule is CCN(CC(C)(C)O)C(=O)c1cc(Cl)ccc1Cl. The molecule has 0 heterocycles. The van der Waals surface area contributed by atoms with E-state index in [9.17, 15) is 9.90 Å². The van der Waals surface area contributed by atoms with Crippen LogP contribution in [-0.2, 0) is 0 Å². The molecule has 0 atom stereocenters. The number of hydrogen-bond acceptors (Lipinski definition) is 2. The Hall–Kier alpha value is -0.770. The standard InChI is InChI=1S/C13H17Cl2NO2/c1-4-16(8-13(2,3)18)12(17)10-7-9(14)5-6-11(10)15/h5-7,18H,4,8H2,1-3H3. The Morgan fingerprint density at radius 3 is 2.50 bits per heavy atom. The molecule has 0 bridgehead atoms. The van der Waals surface area contributed by atoms with Crippen LogP contribution in [0.3, 0.4) is 0 Å². The maximum Gasteiger partial charge on any atom is 0.255 e. The molecule has 1 aromatic rings. The average Bonchev–Trinajstić information content (AvgIpc) is 2.27. The van der Waals surface area contributed by atoms with E-state index in [4.69, 9.17) is 23.2 Å². The summed E-state index contributed by atoms with van der Waals surface area (Å²) in [6.07, 6.45) is 0. The van der Waals surface area contributed by atoms with Crippen LogP contribution in [-0.4, -0.2) is 34.6 Å². The quantitative estimate of drug-likeness (QED) is 0.925. The predicted octanol–water partition coefficient (Wildman–Crippen LogP) is 3.23. The van der Waals surface area contributed by atoms with Gasteiger partial charge in [-0.2, -0.15) is 0 Å². The Morgan fingerprint density at radius 1 is 1.39 bits per heavy atom. The van der Waals surface area contributed by atoms with Gasteiger partial charge in [-0.3, -0.25) is 4.79 Å². The van der Waals surface area contributed by atoms with Gasteiger partial charge in [0.1, 0.15) is 0 Å². The van der Waals surface area contributed by atoms with E-state index < -0.39 is 5.60 Å². The van der Waals surface area contributed by atoms with Crippen LogP contribution in [0.5, 0.6) is 0 Å². The van der Waals surface area contributed by atoms with Crippen molar-refractivity contribution in [2.75, 3.05) is 13.1 Å². The highest BCUT2D eigenvalue weighted by Crippen LogP contribution is 2.22. The van der Waals surface area contributed by atoms with Gasteiger partial charge in [-0.15, -0.1) is 0 Å². The summed E-state index contributed by atoms with van der Waals surface area (Å²) in [4.78, 5) is 13.8. The minimum atomic E-state index is -0.948. The van der Waals surface area contributed by atoms with Crippen molar-refractivity contribution in [3.8, 4) is 0 Å². The van der Waals surface area contributed by atoms with Crippen LogP contribution < -0.4 is 0 Å². The Labute approximate surface area is 117 Å². The van der Waals surface area contributed by atoms with E-state index >= 15 is 0 Å². The summed E-state index contributed by atoms with van der Waals surface area (Å²) in [6.45, 7) is 5.89. The molecule has 1 aromatic carbocycles. The van der Waals surface area contributed by atoms with Gasteiger partial charge in [0, 0.05) is 18.1 Å². The smallest absolute Gasteiger partial charge is 0.255 e. The van der Waals surface area contributed by atoms with Crippen LogP contribution in [0.1, 0.15) is 31.1 Å². The predicted molar refractivity (Wildman–Crippen MR) is 74.3 cm³/mol. The van der Waals surface area contributed by atoms with Crippen LogP contribution in [0.4, 0.5) is 0 Å². The zero-order valence-electron chi connectivity index (χ0n) is 10.7. The molecule has 100 valence electrons. The summed E-state index contributed by atoms with van der Waals surface area (Å²) in [5.41, 5.74) is -0.591. The first-order valence-corrected chi connectivity index (χ1v) is 6.47. The van der Waals surface area contributed by atoms with Crippen LogP contribution >= 0.6 is 23.2 Å². The second kappa shape index (κ2) is 5.91. The molecule has 0 aliphatic rings. The number of rotatable bonds is 4. The largest absolute Gasteiger partial charge is 0.389 e. The molecule has 1 amide bonds. The maximum atomic E-state index is 12.3. The molecule has 5 heteroatoms. The highest BCUT2D eigenvalue weighted by atomic mass is 35.5. The zero-order valence-corrected chi connectivity index (χ0v) is 12.2. The molecule has 0 radical (unpaired) electrons. The summed E-state index contributed by atoms with van der Waals surface area (Å²) in [7, 11) is 0. The molecule has 0 saturated heterocycles. The number of carbonyl (C=O) groups is 1. The lowest BCUT2D eigenvalue weighted by Gasteiger charge is -2.28. The van der Waals surface area contributed by atoms with Crippen molar-refractivity contribution in [3.63, 3.8) is 0 Å². The third kappa shape index (κ3) is 4.16. The molecule has 0 aliphatic heterocycles. The Morgan fingerprint density at radius 2 is 2.00 bits per heavy atom. The maximum absolute atomic E-state index is 12.3. The lowest BCUT2D eigenvalue weighted by molar-refractivity contribution is 0.0315. The zero-order chi connectivity index (χ0) is 13.9. The lowest BCUT2D eigenvalue weighted by Crippen LogP contribution is -2.42. The average molecular weight is 290 g/mol. The van der Waals surface area contributed by atoms with Crippen molar-refractivity contribution in [3.05, 3.63) is 33.8 Å². The van der Waals surface area contributed by atoms with Crippen LogP contribution in [0.2, 0.25) is 10.0 Å². The molecule has 3 nitrogen and oxygen atoms in total. The van der Waals surface area contributed by atoms with E-state index in [1.54, 1.807) is 32.0 Å². The van der Waals surface area contributed by atoms with Crippen molar-refractivity contribution in [1.29, 1.82) is 0 Å². The monoisotopic (exact) mass is 289 g/mol. The molecular formula is C13H17Cl2NO2. The summed E-state index contributed by atoms with van der Waals surface area (Å²) >= 11 is 11.9. The first kappa shape index (κ1) is 15.3.